The van der Waals surface area contributed by atoms with Gasteiger partial charge in [0, 0.05) is 0 Å². The number of nitrogens with zero attached hydrogens (tertiary/aromatic N) is 1. The first-order valence-corrected chi connectivity index (χ1v) is 5.28. The first-order valence-electron chi connectivity index (χ1n) is 5.28. The summed E-state index contributed by atoms with van der Waals surface area (Å²) >= 11 is 0. The van der Waals surface area contributed by atoms with Gasteiger partial charge >= 0.3 is 6.18 Å². The third-order valence-corrected chi connectivity index (χ3v) is 2.63. The molecule has 19 heavy (non-hydrogen) atoms. The van der Waals surface area contributed by atoms with Gasteiger partial charge in [0.15, 0.2) is 0 Å². The molecule has 4 nitrogen and oxygen atoms in total. The summed E-state index contributed by atoms with van der Waals surface area (Å²) in [5.41, 5.74) is -0.710. The van der Waals surface area contributed by atoms with Crippen LogP contribution in [0.5, 0.6) is 0 Å². The molecule has 2 rings (SSSR count). The summed E-state index contributed by atoms with van der Waals surface area (Å²) in [5.74, 6) is -1.10. The highest BCUT2D eigenvalue weighted by atomic mass is 19.4. The van der Waals surface area contributed by atoms with Crippen molar-refractivity contribution in [2.75, 3.05) is 16.8 Å². The highest BCUT2D eigenvalue weighted by Crippen LogP contribution is 2.36. The van der Waals surface area contributed by atoms with Crippen LogP contribution in [0, 0.1) is 0 Å². The standard InChI is InChI=1S/C12H9F3N2O2/c1-2-11(19)17-6-10(18)16-8-5-7(12(13,14)15)3-4-9(8)17/h2-5H,1,6H2,(H,16,18). The molecule has 2 amide bonds. The van der Waals surface area contributed by atoms with E-state index >= 15 is 0 Å². The van der Waals surface area contributed by atoms with Crippen molar-refractivity contribution >= 4 is 23.2 Å². The average molecular weight is 270 g/mol. The van der Waals surface area contributed by atoms with Crippen LogP contribution >= 0.6 is 0 Å². The molecular formula is C12H9F3N2O2. The Morgan fingerprint density at radius 1 is 1.42 bits per heavy atom. The highest BCUT2D eigenvalue weighted by molar-refractivity contribution is 6.12. The van der Waals surface area contributed by atoms with E-state index in [9.17, 15) is 22.8 Å². The Balaban J connectivity index is 2.50. The zero-order valence-electron chi connectivity index (χ0n) is 9.62. The fourth-order valence-corrected chi connectivity index (χ4v) is 1.77. The van der Waals surface area contributed by atoms with E-state index < -0.39 is 23.6 Å². The smallest absolute Gasteiger partial charge is 0.323 e. The van der Waals surface area contributed by atoms with Crippen LogP contribution < -0.4 is 10.2 Å². The molecular weight excluding hydrogens is 261 g/mol. The van der Waals surface area contributed by atoms with Crippen LogP contribution in [0.25, 0.3) is 0 Å². The van der Waals surface area contributed by atoms with Crippen molar-refractivity contribution in [2.45, 2.75) is 6.18 Å². The fraction of sp³-hybridized carbons (Fsp3) is 0.167. The summed E-state index contributed by atoms with van der Waals surface area (Å²) in [7, 11) is 0. The van der Waals surface area contributed by atoms with Crippen molar-refractivity contribution in [2.24, 2.45) is 0 Å². The monoisotopic (exact) mass is 270 g/mol. The summed E-state index contributed by atoms with van der Waals surface area (Å²) in [6.07, 6.45) is -3.51. The number of nitrogens with one attached hydrogen (secondary N) is 1. The number of anilines is 2. The molecule has 1 N–H and O–H groups in total. The summed E-state index contributed by atoms with van der Waals surface area (Å²) in [4.78, 5) is 24.0. The van der Waals surface area contributed by atoms with Crippen LogP contribution in [-0.4, -0.2) is 18.4 Å². The van der Waals surface area contributed by atoms with Crippen LogP contribution in [0.1, 0.15) is 5.56 Å². The van der Waals surface area contributed by atoms with Crippen molar-refractivity contribution in [1.82, 2.24) is 0 Å². The summed E-state index contributed by atoms with van der Waals surface area (Å²) < 4.78 is 37.7. The number of carbonyl (C=O) groups is 2. The van der Waals surface area contributed by atoms with Gasteiger partial charge in [-0.2, -0.15) is 13.2 Å². The lowest BCUT2D eigenvalue weighted by Crippen LogP contribution is -2.41. The second-order valence-corrected chi connectivity index (χ2v) is 3.91. The molecule has 0 unspecified atom stereocenters. The SMILES string of the molecule is C=CC(=O)N1CC(=O)Nc2cc(C(F)(F)F)ccc21. The first-order chi connectivity index (χ1) is 8.82. The van der Waals surface area contributed by atoms with E-state index in [4.69, 9.17) is 0 Å². The van der Waals surface area contributed by atoms with Gasteiger partial charge in [-0.15, -0.1) is 0 Å². The molecule has 0 radical (unpaired) electrons. The van der Waals surface area contributed by atoms with Gasteiger partial charge in [0.25, 0.3) is 5.91 Å². The van der Waals surface area contributed by atoms with E-state index in [2.05, 4.69) is 11.9 Å². The van der Waals surface area contributed by atoms with E-state index in [1.807, 2.05) is 0 Å². The second kappa shape index (κ2) is 4.42. The number of hydrogen-bond donors (Lipinski definition) is 1. The number of fused-ring (bicyclic) bond motifs is 1. The summed E-state index contributed by atoms with van der Waals surface area (Å²) in [6, 6.07) is 2.81. The van der Waals surface area contributed by atoms with E-state index in [-0.39, 0.29) is 17.9 Å². The highest BCUT2D eigenvalue weighted by Gasteiger charge is 2.33. The molecule has 0 aliphatic carbocycles. The lowest BCUT2D eigenvalue weighted by Gasteiger charge is -2.28. The Kier molecular flexibility index (Phi) is 3.05. The van der Waals surface area contributed by atoms with Crippen LogP contribution in [0.4, 0.5) is 24.5 Å². The van der Waals surface area contributed by atoms with Crippen LogP contribution in [0.2, 0.25) is 0 Å². The van der Waals surface area contributed by atoms with Crippen molar-refractivity contribution in [3.05, 3.63) is 36.4 Å². The molecule has 1 aliphatic rings. The number of hydrogen-bond acceptors (Lipinski definition) is 2. The number of halogens is 3. The van der Waals surface area contributed by atoms with Crippen LogP contribution in [0.15, 0.2) is 30.9 Å². The number of amides is 2. The van der Waals surface area contributed by atoms with Gasteiger partial charge in [-0.1, -0.05) is 6.58 Å². The molecule has 0 saturated heterocycles. The van der Waals surface area contributed by atoms with Gasteiger partial charge in [0.2, 0.25) is 5.91 Å². The normalized spacial score (nSPS) is 14.7. The molecule has 0 bridgehead atoms. The van der Waals surface area contributed by atoms with Gasteiger partial charge in [0.1, 0.15) is 6.54 Å². The lowest BCUT2D eigenvalue weighted by atomic mass is 10.1. The lowest BCUT2D eigenvalue weighted by molar-refractivity contribution is -0.137. The fourth-order valence-electron chi connectivity index (χ4n) is 1.77. The van der Waals surface area contributed by atoms with Gasteiger partial charge in [-0.25, -0.2) is 0 Å². The number of benzene rings is 1. The Labute approximate surface area is 106 Å². The van der Waals surface area contributed by atoms with E-state index in [0.29, 0.717) is 0 Å². The van der Waals surface area contributed by atoms with Crippen molar-refractivity contribution in [3.8, 4) is 0 Å². The zero-order chi connectivity index (χ0) is 14.2. The molecule has 0 saturated carbocycles. The average Bonchev–Trinajstić information content (AvgIpc) is 2.34. The van der Waals surface area contributed by atoms with Crippen LogP contribution in [-0.2, 0) is 15.8 Å². The first kappa shape index (κ1) is 13.1. The zero-order valence-corrected chi connectivity index (χ0v) is 9.62. The Morgan fingerprint density at radius 2 is 2.11 bits per heavy atom. The minimum Gasteiger partial charge on any atom is -0.323 e. The van der Waals surface area contributed by atoms with Gasteiger partial charge in [-0.3, -0.25) is 14.5 Å². The molecule has 1 aliphatic heterocycles. The quantitative estimate of drug-likeness (QED) is 0.795. The van der Waals surface area contributed by atoms with Crippen molar-refractivity contribution < 1.29 is 22.8 Å². The van der Waals surface area contributed by atoms with E-state index in [0.717, 1.165) is 29.2 Å². The Hall–Kier alpha value is -2.31. The van der Waals surface area contributed by atoms with E-state index in [1.165, 1.54) is 0 Å². The topological polar surface area (TPSA) is 49.4 Å². The maximum Gasteiger partial charge on any atom is 0.416 e. The molecule has 0 spiro atoms. The minimum absolute atomic E-state index is 0.0405. The maximum atomic E-state index is 12.6. The van der Waals surface area contributed by atoms with E-state index in [1.54, 1.807) is 0 Å². The van der Waals surface area contributed by atoms with Crippen LogP contribution in [0.3, 0.4) is 0 Å². The largest absolute Gasteiger partial charge is 0.416 e. The van der Waals surface area contributed by atoms with Gasteiger partial charge in [0.05, 0.1) is 16.9 Å². The Bertz CT molecular complexity index is 567. The summed E-state index contributed by atoms with van der Waals surface area (Å²) in [5, 5.41) is 2.31. The molecule has 0 atom stereocenters. The van der Waals surface area contributed by atoms with Crippen molar-refractivity contribution in [1.29, 1.82) is 0 Å². The third kappa shape index (κ3) is 2.44. The summed E-state index contributed by atoms with van der Waals surface area (Å²) in [6.45, 7) is 3.04. The Morgan fingerprint density at radius 3 is 2.68 bits per heavy atom. The molecule has 0 fully saturated rings. The molecule has 1 heterocycles. The van der Waals surface area contributed by atoms with Crippen molar-refractivity contribution in [3.63, 3.8) is 0 Å². The second-order valence-electron chi connectivity index (χ2n) is 3.91. The number of carbonyl (C=O) groups excluding carboxylic acids is 2. The third-order valence-electron chi connectivity index (χ3n) is 2.63. The maximum absolute atomic E-state index is 12.6. The molecule has 1 aromatic carbocycles. The molecule has 7 heteroatoms. The predicted octanol–water partition coefficient (Wildman–Crippen LogP) is 2.18. The number of rotatable bonds is 1. The molecule has 0 aromatic heterocycles. The minimum atomic E-state index is -4.51. The molecule has 1 aromatic rings. The van der Waals surface area contributed by atoms with Gasteiger partial charge < -0.3 is 5.32 Å². The molecule has 100 valence electrons. The predicted molar refractivity (Wildman–Crippen MR) is 62.6 cm³/mol. The van der Waals surface area contributed by atoms with Gasteiger partial charge in [-0.05, 0) is 24.3 Å². The number of alkyl halides is 3.